The summed E-state index contributed by atoms with van der Waals surface area (Å²) in [5.74, 6) is -2.30. The molecule has 1 unspecified atom stereocenters. The van der Waals surface area contributed by atoms with Crippen LogP contribution in [0.25, 0.3) is 11.3 Å². The van der Waals surface area contributed by atoms with Crippen LogP contribution >= 0.6 is 11.6 Å². The Morgan fingerprint density at radius 3 is 2.17 bits per heavy atom. The Morgan fingerprint density at radius 1 is 0.976 bits per heavy atom. The maximum atomic E-state index is 13.3. The number of rotatable bonds is 11. The lowest BCUT2D eigenvalue weighted by molar-refractivity contribution is -0.123. The largest absolute Gasteiger partial charge is 0.462 e. The van der Waals surface area contributed by atoms with Crippen molar-refractivity contribution in [1.29, 1.82) is 0 Å². The van der Waals surface area contributed by atoms with E-state index in [0.717, 1.165) is 5.56 Å². The molecule has 2 heterocycles. The van der Waals surface area contributed by atoms with Crippen LogP contribution in [0.1, 0.15) is 81.9 Å². The Bertz CT molecular complexity index is 1470. The highest BCUT2D eigenvalue weighted by Crippen LogP contribution is 2.31. The minimum Gasteiger partial charge on any atom is -0.462 e. The summed E-state index contributed by atoms with van der Waals surface area (Å²) in [6.45, 7) is 10.5. The fourth-order valence-corrected chi connectivity index (χ4v) is 4.46. The molecule has 1 aromatic carbocycles. The third kappa shape index (κ3) is 6.86. The number of carbonyl (C=O) groups is 4. The summed E-state index contributed by atoms with van der Waals surface area (Å²) in [5, 5.41) is 4.57. The number of H-pyrrole nitrogens is 1. The molecule has 0 saturated heterocycles. The van der Waals surface area contributed by atoms with Crippen molar-refractivity contribution in [3.05, 3.63) is 69.1 Å². The van der Waals surface area contributed by atoms with Crippen LogP contribution in [-0.4, -0.2) is 59.4 Å². The second-order valence-electron chi connectivity index (χ2n) is 8.89. The van der Waals surface area contributed by atoms with Crippen molar-refractivity contribution < 1.29 is 33.4 Å². The van der Waals surface area contributed by atoms with Gasteiger partial charge in [-0.25, -0.2) is 19.8 Å². The van der Waals surface area contributed by atoms with Crippen LogP contribution in [0.4, 0.5) is 0 Å². The van der Waals surface area contributed by atoms with Gasteiger partial charge in [0.1, 0.15) is 11.7 Å². The van der Waals surface area contributed by atoms with E-state index in [0.29, 0.717) is 27.5 Å². The van der Waals surface area contributed by atoms with Crippen LogP contribution < -0.4 is 5.43 Å². The second-order valence-corrected chi connectivity index (χ2v) is 9.33. The first-order chi connectivity index (χ1) is 19.5. The van der Waals surface area contributed by atoms with Gasteiger partial charge < -0.3 is 23.8 Å². The van der Waals surface area contributed by atoms with E-state index in [2.05, 4.69) is 15.5 Å². The van der Waals surface area contributed by atoms with E-state index in [9.17, 15) is 19.2 Å². The molecule has 0 aliphatic heterocycles. The molecule has 0 saturated carbocycles. The second kappa shape index (κ2) is 13.8. The lowest BCUT2D eigenvalue weighted by Gasteiger charge is -2.18. The number of hydrazone groups is 1. The van der Waals surface area contributed by atoms with Crippen LogP contribution in [-0.2, 0) is 19.0 Å². The number of carbonyl (C=O) groups excluding carboxylic acids is 4. The van der Waals surface area contributed by atoms with Crippen LogP contribution in [0.15, 0.2) is 35.4 Å². The molecular weight excluding hydrogens is 552 g/mol. The minimum atomic E-state index is -0.814. The normalized spacial score (nSPS) is 11.8. The van der Waals surface area contributed by atoms with Crippen molar-refractivity contribution in [3.8, 4) is 11.3 Å². The SMILES string of the molecule is CCOC(=O)c1cc(-c2ccc(Cl)cc2)n(C(C)C(=O)N/N=C/c2[nH]c(C(=O)OCC)c(C)c2C(=O)OCC)c1C. The van der Waals surface area contributed by atoms with Gasteiger partial charge in [-0.15, -0.1) is 0 Å². The number of aromatic nitrogens is 2. The van der Waals surface area contributed by atoms with Crippen LogP contribution in [0.2, 0.25) is 5.02 Å². The molecule has 0 bridgehead atoms. The summed E-state index contributed by atoms with van der Waals surface area (Å²) in [6, 6.07) is 7.87. The molecule has 1 amide bonds. The first-order valence-corrected chi connectivity index (χ1v) is 13.5. The zero-order valence-electron chi connectivity index (χ0n) is 23.8. The summed E-state index contributed by atoms with van der Waals surface area (Å²) in [6.07, 6.45) is 1.22. The molecule has 0 radical (unpaired) electrons. The van der Waals surface area contributed by atoms with Crippen LogP contribution in [0.5, 0.6) is 0 Å². The lowest BCUT2D eigenvalue weighted by atomic mass is 10.1. The Kier molecular flexibility index (Phi) is 10.5. The van der Waals surface area contributed by atoms with Gasteiger partial charge in [-0.3, -0.25) is 4.79 Å². The number of benzene rings is 1. The standard InChI is InChI=1S/C29H33ClN4O7/c1-7-39-27(36)21-14-23(19-10-12-20(30)13-11-19)34(17(21)5)18(6)26(35)33-31-15-22-24(28(37)40-8-2)16(4)25(32-22)29(38)41-9-3/h10-15,18,32H,7-9H2,1-6H3,(H,33,35)/b31-15+. The summed E-state index contributed by atoms with van der Waals surface area (Å²) in [4.78, 5) is 53.7. The molecule has 3 aromatic rings. The van der Waals surface area contributed by atoms with Gasteiger partial charge in [0.2, 0.25) is 0 Å². The Hall–Kier alpha value is -4.38. The number of amides is 1. The fourth-order valence-electron chi connectivity index (χ4n) is 4.34. The number of ether oxygens (including phenoxy) is 3. The maximum Gasteiger partial charge on any atom is 0.355 e. The highest BCUT2D eigenvalue weighted by molar-refractivity contribution is 6.30. The van der Waals surface area contributed by atoms with Crippen LogP contribution in [0, 0.1) is 13.8 Å². The average molecular weight is 585 g/mol. The molecule has 2 aromatic heterocycles. The highest BCUT2D eigenvalue weighted by atomic mass is 35.5. The predicted octanol–water partition coefficient (Wildman–Crippen LogP) is 4.99. The zero-order valence-corrected chi connectivity index (χ0v) is 24.5. The number of esters is 3. The lowest BCUT2D eigenvalue weighted by Crippen LogP contribution is -2.28. The first kappa shape index (κ1) is 31.2. The minimum absolute atomic E-state index is 0.0816. The molecule has 41 heavy (non-hydrogen) atoms. The van der Waals surface area contributed by atoms with Gasteiger partial charge in [-0.1, -0.05) is 23.7 Å². The van der Waals surface area contributed by atoms with E-state index < -0.39 is 29.9 Å². The maximum absolute atomic E-state index is 13.3. The molecule has 218 valence electrons. The van der Waals surface area contributed by atoms with Crippen molar-refractivity contribution >= 4 is 41.6 Å². The molecule has 12 heteroatoms. The highest BCUT2D eigenvalue weighted by Gasteiger charge is 2.27. The molecular formula is C29H33ClN4O7. The third-order valence-electron chi connectivity index (χ3n) is 6.30. The number of hydrogen-bond donors (Lipinski definition) is 2. The summed E-state index contributed by atoms with van der Waals surface area (Å²) in [7, 11) is 0. The third-order valence-corrected chi connectivity index (χ3v) is 6.55. The summed E-state index contributed by atoms with van der Waals surface area (Å²) >= 11 is 6.06. The molecule has 0 aliphatic rings. The van der Waals surface area contributed by atoms with Gasteiger partial charge in [0.15, 0.2) is 0 Å². The van der Waals surface area contributed by atoms with Crippen molar-refractivity contribution in [1.82, 2.24) is 15.0 Å². The summed E-state index contributed by atoms with van der Waals surface area (Å²) in [5.41, 5.74) is 5.37. The topological polar surface area (TPSA) is 141 Å². The number of halogens is 1. The number of nitrogens with zero attached hydrogens (tertiary/aromatic N) is 2. The molecule has 0 aliphatic carbocycles. The average Bonchev–Trinajstić information content (AvgIpc) is 3.45. The van der Waals surface area contributed by atoms with Gasteiger partial charge >= 0.3 is 17.9 Å². The Morgan fingerprint density at radius 2 is 1.56 bits per heavy atom. The Labute approximate surface area is 242 Å². The number of hydrogen-bond acceptors (Lipinski definition) is 8. The molecule has 2 N–H and O–H groups in total. The predicted molar refractivity (Wildman–Crippen MR) is 153 cm³/mol. The first-order valence-electron chi connectivity index (χ1n) is 13.1. The van der Waals surface area contributed by atoms with Gasteiger partial charge in [-0.05, 0) is 70.9 Å². The molecule has 1 atom stereocenters. The van der Waals surface area contributed by atoms with Crippen molar-refractivity contribution in [3.63, 3.8) is 0 Å². The van der Waals surface area contributed by atoms with E-state index in [1.165, 1.54) is 6.21 Å². The number of nitrogens with one attached hydrogen (secondary N) is 2. The quantitative estimate of drug-likeness (QED) is 0.140. The number of aromatic amines is 1. The van der Waals surface area contributed by atoms with Crippen LogP contribution in [0.3, 0.4) is 0 Å². The van der Waals surface area contributed by atoms with E-state index in [1.54, 1.807) is 76.4 Å². The smallest absolute Gasteiger partial charge is 0.355 e. The van der Waals surface area contributed by atoms with Crippen molar-refractivity contribution in [2.24, 2.45) is 5.10 Å². The van der Waals surface area contributed by atoms with Gasteiger partial charge in [0.25, 0.3) is 5.91 Å². The van der Waals surface area contributed by atoms with Crippen molar-refractivity contribution in [2.45, 2.75) is 47.6 Å². The Balaban J connectivity index is 1.94. The van der Waals surface area contributed by atoms with Gasteiger partial charge in [0.05, 0.1) is 42.9 Å². The zero-order chi connectivity index (χ0) is 30.3. The fraction of sp³-hybridized carbons (Fsp3) is 0.345. The van der Waals surface area contributed by atoms with Crippen molar-refractivity contribution in [2.75, 3.05) is 19.8 Å². The van der Waals surface area contributed by atoms with E-state index in [-0.39, 0.29) is 36.8 Å². The van der Waals surface area contributed by atoms with E-state index >= 15 is 0 Å². The molecule has 11 nitrogen and oxygen atoms in total. The summed E-state index contributed by atoms with van der Waals surface area (Å²) < 4.78 is 17.1. The van der Waals surface area contributed by atoms with Gasteiger partial charge in [0, 0.05) is 16.4 Å². The molecule has 0 spiro atoms. The van der Waals surface area contributed by atoms with E-state index in [1.807, 2.05) is 0 Å². The van der Waals surface area contributed by atoms with Gasteiger partial charge in [-0.2, -0.15) is 5.10 Å². The van der Waals surface area contributed by atoms with E-state index in [4.69, 9.17) is 25.8 Å². The molecule has 3 rings (SSSR count). The monoisotopic (exact) mass is 584 g/mol. The molecule has 0 fully saturated rings.